The SMILES string of the molecule is COc1ccccc1OCc1nc(C(C)(C)C)c(CO)s1. The van der Waals surface area contributed by atoms with Crippen LogP contribution in [-0.2, 0) is 18.6 Å². The number of methoxy groups -OCH3 is 1. The Hall–Kier alpha value is -1.59. The molecule has 1 N–H and O–H groups in total. The van der Waals surface area contributed by atoms with E-state index in [-0.39, 0.29) is 12.0 Å². The van der Waals surface area contributed by atoms with E-state index >= 15 is 0 Å². The van der Waals surface area contributed by atoms with Gasteiger partial charge in [-0.25, -0.2) is 4.98 Å². The Kier molecular flexibility index (Phi) is 4.85. The molecule has 114 valence electrons. The van der Waals surface area contributed by atoms with E-state index in [0.29, 0.717) is 18.1 Å². The Labute approximate surface area is 129 Å². The molecule has 0 aliphatic rings. The second-order valence-corrected chi connectivity index (χ2v) is 6.90. The lowest BCUT2D eigenvalue weighted by Gasteiger charge is -2.16. The van der Waals surface area contributed by atoms with Gasteiger partial charge in [-0.05, 0) is 12.1 Å². The topological polar surface area (TPSA) is 51.6 Å². The lowest BCUT2D eigenvalue weighted by atomic mass is 9.91. The van der Waals surface area contributed by atoms with Crippen molar-refractivity contribution in [3.05, 3.63) is 39.8 Å². The maximum Gasteiger partial charge on any atom is 0.161 e. The van der Waals surface area contributed by atoms with Crippen molar-refractivity contribution in [1.82, 2.24) is 4.98 Å². The summed E-state index contributed by atoms with van der Waals surface area (Å²) in [6.45, 7) is 6.65. The second-order valence-electron chi connectivity index (χ2n) is 5.73. The van der Waals surface area contributed by atoms with Gasteiger partial charge in [-0.1, -0.05) is 32.9 Å². The summed E-state index contributed by atoms with van der Waals surface area (Å²) in [5.74, 6) is 1.39. The molecule has 0 saturated carbocycles. The molecule has 4 nitrogen and oxygen atoms in total. The summed E-state index contributed by atoms with van der Waals surface area (Å²) < 4.78 is 11.0. The molecule has 0 aliphatic carbocycles. The van der Waals surface area contributed by atoms with Crippen molar-refractivity contribution in [1.29, 1.82) is 0 Å². The highest BCUT2D eigenvalue weighted by atomic mass is 32.1. The van der Waals surface area contributed by atoms with E-state index in [0.717, 1.165) is 15.6 Å². The molecule has 1 aromatic heterocycles. The van der Waals surface area contributed by atoms with E-state index in [1.165, 1.54) is 11.3 Å². The molecule has 1 heterocycles. The zero-order valence-electron chi connectivity index (χ0n) is 12.8. The number of aromatic nitrogens is 1. The third kappa shape index (κ3) is 3.74. The number of nitrogens with zero attached hydrogens (tertiary/aromatic N) is 1. The zero-order valence-corrected chi connectivity index (χ0v) is 13.7. The molecule has 2 rings (SSSR count). The smallest absolute Gasteiger partial charge is 0.161 e. The minimum absolute atomic E-state index is 0.0128. The summed E-state index contributed by atoms with van der Waals surface area (Å²) in [6.07, 6.45) is 0. The van der Waals surface area contributed by atoms with Gasteiger partial charge in [0.25, 0.3) is 0 Å². The van der Waals surface area contributed by atoms with Crippen LogP contribution in [0.3, 0.4) is 0 Å². The van der Waals surface area contributed by atoms with Gasteiger partial charge in [0.1, 0.15) is 11.6 Å². The number of rotatable bonds is 5. The molecule has 0 unspecified atom stereocenters. The standard InChI is InChI=1S/C16H21NO3S/c1-16(2,3)15-13(9-18)21-14(17-15)10-20-12-8-6-5-7-11(12)19-4/h5-8,18H,9-10H2,1-4H3. The summed E-state index contributed by atoms with van der Waals surface area (Å²) in [5.41, 5.74) is 0.852. The van der Waals surface area contributed by atoms with Crippen LogP contribution in [0.4, 0.5) is 0 Å². The summed E-state index contributed by atoms with van der Waals surface area (Å²) in [5, 5.41) is 10.3. The van der Waals surface area contributed by atoms with Gasteiger partial charge in [0.15, 0.2) is 11.5 Å². The Morgan fingerprint density at radius 3 is 2.38 bits per heavy atom. The number of aliphatic hydroxyl groups excluding tert-OH is 1. The number of thiazole rings is 1. The highest BCUT2D eigenvalue weighted by Gasteiger charge is 2.23. The Morgan fingerprint density at radius 2 is 1.86 bits per heavy atom. The molecule has 0 aliphatic heterocycles. The van der Waals surface area contributed by atoms with Crippen LogP contribution >= 0.6 is 11.3 Å². The van der Waals surface area contributed by atoms with Crippen molar-refractivity contribution < 1.29 is 14.6 Å². The van der Waals surface area contributed by atoms with Crippen LogP contribution in [0, 0.1) is 0 Å². The maximum atomic E-state index is 9.47. The molecule has 0 bridgehead atoms. The first-order chi connectivity index (χ1) is 9.95. The van der Waals surface area contributed by atoms with Gasteiger partial charge in [-0.2, -0.15) is 0 Å². The third-order valence-electron chi connectivity index (χ3n) is 3.02. The molecule has 21 heavy (non-hydrogen) atoms. The van der Waals surface area contributed by atoms with Gasteiger partial charge in [-0.3, -0.25) is 0 Å². The van der Waals surface area contributed by atoms with Gasteiger partial charge in [0.05, 0.1) is 24.3 Å². The van der Waals surface area contributed by atoms with E-state index in [2.05, 4.69) is 25.8 Å². The highest BCUT2D eigenvalue weighted by Crippen LogP contribution is 2.31. The minimum Gasteiger partial charge on any atom is -0.493 e. The number of hydrogen-bond donors (Lipinski definition) is 1. The van der Waals surface area contributed by atoms with E-state index in [1.54, 1.807) is 7.11 Å². The maximum absolute atomic E-state index is 9.47. The number of ether oxygens (including phenoxy) is 2. The van der Waals surface area contributed by atoms with Gasteiger partial charge in [0.2, 0.25) is 0 Å². The fourth-order valence-electron chi connectivity index (χ4n) is 2.03. The number of para-hydroxylation sites is 2. The van der Waals surface area contributed by atoms with Crippen molar-refractivity contribution in [3.8, 4) is 11.5 Å². The van der Waals surface area contributed by atoms with E-state index in [4.69, 9.17) is 9.47 Å². The van der Waals surface area contributed by atoms with Crippen LogP contribution < -0.4 is 9.47 Å². The average Bonchev–Trinajstić information content (AvgIpc) is 2.89. The second kappa shape index (κ2) is 6.45. The third-order valence-corrected chi connectivity index (χ3v) is 4.03. The Bertz CT molecular complexity index is 602. The van der Waals surface area contributed by atoms with Gasteiger partial charge in [0, 0.05) is 5.41 Å². The minimum atomic E-state index is -0.0861. The van der Waals surface area contributed by atoms with Crippen LogP contribution in [-0.4, -0.2) is 17.2 Å². The monoisotopic (exact) mass is 307 g/mol. The Balaban J connectivity index is 2.15. The summed E-state index contributed by atoms with van der Waals surface area (Å²) in [4.78, 5) is 5.52. The van der Waals surface area contributed by atoms with E-state index in [1.807, 2.05) is 24.3 Å². The molecule has 0 spiro atoms. The van der Waals surface area contributed by atoms with Crippen molar-refractivity contribution in [3.63, 3.8) is 0 Å². The van der Waals surface area contributed by atoms with Gasteiger partial charge in [-0.15, -0.1) is 11.3 Å². The predicted molar refractivity (Wildman–Crippen MR) is 84.1 cm³/mol. The number of aliphatic hydroxyl groups is 1. The summed E-state index contributed by atoms with van der Waals surface area (Å²) in [6, 6.07) is 7.52. The summed E-state index contributed by atoms with van der Waals surface area (Å²) in [7, 11) is 1.62. The molecule has 5 heteroatoms. The largest absolute Gasteiger partial charge is 0.493 e. The van der Waals surface area contributed by atoms with Gasteiger partial charge < -0.3 is 14.6 Å². The van der Waals surface area contributed by atoms with E-state index in [9.17, 15) is 5.11 Å². The average molecular weight is 307 g/mol. The van der Waals surface area contributed by atoms with Crippen LogP contribution in [0.15, 0.2) is 24.3 Å². The molecular formula is C16H21NO3S. The first kappa shape index (κ1) is 15.8. The first-order valence-corrected chi connectivity index (χ1v) is 7.63. The molecule has 0 amide bonds. The fraction of sp³-hybridized carbons (Fsp3) is 0.438. The molecule has 0 saturated heterocycles. The molecule has 1 aromatic carbocycles. The molecule has 2 aromatic rings. The quantitative estimate of drug-likeness (QED) is 0.918. The molecular weight excluding hydrogens is 286 g/mol. The predicted octanol–water partition coefficient (Wildman–Crippen LogP) is 3.52. The van der Waals surface area contributed by atoms with Crippen LogP contribution in [0.5, 0.6) is 11.5 Å². The van der Waals surface area contributed by atoms with Crippen molar-refractivity contribution in [2.75, 3.05) is 7.11 Å². The molecule has 0 radical (unpaired) electrons. The Morgan fingerprint density at radius 1 is 1.19 bits per heavy atom. The molecule has 0 fully saturated rings. The van der Waals surface area contributed by atoms with Gasteiger partial charge >= 0.3 is 0 Å². The molecule has 0 atom stereocenters. The first-order valence-electron chi connectivity index (χ1n) is 6.81. The van der Waals surface area contributed by atoms with E-state index < -0.39 is 0 Å². The number of benzene rings is 1. The van der Waals surface area contributed by atoms with Crippen LogP contribution in [0.1, 0.15) is 36.3 Å². The van der Waals surface area contributed by atoms with Crippen molar-refractivity contribution in [2.24, 2.45) is 0 Å². The normalized spacial score (nSPS) is 11.5. The van der Waals surface area contributed by atoms with Crippen LogP contribution in [0.25, 0.3) is 0 Å². The van der Waals surface area contributed by atoms with Crippen LogP contribution in [0.2, 0.25) is 0 Å². The fourth-order valence-corrected chi connectivity index (χ4v) is 3.09. The zero-order chi connectivity index (χ0) is 15.5. The highest BCUT2D eigenvalue weighted by molar-refractivity contribution is 7.11. The lowest BCUT2D eigenvalue weighted by molar-refractivity contribution is 0.281. The lowest BCUT2D eigenvalue weighted by Crippen LogP contribution is -2.14. The summed E-state index contributed by atoms with van der Waals surface area (Å²) >= 11 is 1.49. The number of hydrogen-bond acceptors (Lipinski definition) is 5. The van der Waals surface area contributed by atoms with Crippen molar-refractivity contribution in [2.45, 2.75) is 39.4 Å². The van der Waals surface area contributed by atoms with Crippen molar-refractivity contribution >= 4 is 11.3 Å².